The average molecular weight is 321 g/mol. The number of aryl methyl sites for hydroxylation is 1. The Morgan fingerprint density at radius 2 is 2.21 bits per heavy atom. The van der Waals surface area contributed by atoms with Gasteiger partial charge in [-0.2, -0.15) is 0 Å². The van der Waals surface area contributed by atoms with Crippen LogP contribution in [-0.2, 0) is 6.54 Å². The predicted molar refractivity (Wildman–Crippen MR) is 76.5 cm³/mol. The molecule has 0 aliphatic rings. The molecule has 1 aromatic carbocycles. The van der Waals surface area contributed by atoms with Crippen molar-refractivity contribution in [2.75, 3.05) is 5.73 Å². The molecule has 0 fully saturated rings. The first kappa shape index (κ1) is 13.5. The third-order valence-corrected chi connectivity index (χ3v) is 3.02. The van der Waals surface area contributed by atoms with Gasteiger partial charge in [0.05, 0.1) is 17.8 Å². The molecule has 0 aliphatic heterocycles. The van der Waals surface area contributed by atoms with Crippen LogP contribution in [0.15, 0.2) is 34.9 Å². The standard InChI is InChI=1S/C13H13BrN4O/c1-8-16-5-4-10(18-8)7-17-13(19)11-3-2-9(14)6-12(11)15/h2-6H,7,15H2,1H3,(H,17,19). The Hall–Kier alpha value is -1.95. The summed E-state index contributed by atoms with van der Waals surface area (Å²) >= 11 is 3.30. The highest BCUT2D eigenvalue weighted by atomic mass is 79.9. The highest BCUT2D eigenvalue weighted by Crippen LogP contribution is 2.18. The second-order valence-corrected chi connectivity index (χ2v) is 4.93. The van der Waals surface area contributed by atoms with Crippen molar-refractivity contribution >= 4 is 27.5 Å². The molecule has 1 aromatic heterocycles. The zero-order chi connectivity index (χ0) is 13.8. The van der Waals surface area contributed by atoms with Crippen LogP contribution in [0, 0.1) is 6.92 Å². The Labute approximate surface area is 119 Å². The van der Waals surface area contributed by atoms with Crippen LogP contribution < -0.4 is 11.1 Å². The summed E-state index contributed by atoms with van der Waals surface area (Å²) in [6.07, 6.45) is 1.66. The summed E-state index contributed by atoms with van der Waals surface area (Å²) < 4.78 is 0.841. The number of amides is 1. The fraction of sp³-hybridized carbons (Fsp3) is 0.154. The molecule has 0 saturated carbocycles. The highest BCUT2D eigenvalue weighted by molar-refractivity contribution is 9.10. The number of anilines is 1. The first-order chi connectivity index (χ1) is 9.06. The first-order valence-corrected chi connectivity index (χ1v) is 6.47. The van der Waals surface area contributed by atoms with E-state index in [0.717, 1.165) is 10.2 Å². The fourth-order valence-corrected chi connectivity index (χ4v) is 1.99. The lowest BCUT2D eigenvalue weighted by Crippen LogP contribution is -2.24. The van der Waals surface area contributed by atoms with Crippen LogP contribution in [0.4, 0.5) is 5.69 Å². The fourth-order valence-electron chi connectivity index (χ4n) is 1.61. The summed E-state index contributed by atoms with van der Waals surface area (Å²) in [6, 6.07) is 6.92. The second-order valence-electron chi connectivity index (χ2n) is 4.01. The Morgan fingerprint density at radius 3 is 2.89 bits per heavy atom. The van der Waals surface area contributed by atoms with Crippen LogP contribution in [0.3, 0.4) is 0 Å². The molecule has 6 heteroatoms. The molecular formula is C13H13BrN4O. The van der Waals surface area contributed by atoms with Gasteiger partial charge in [0.25, 0.3) is 5.91 Å². The van der Waals surface area contributed by atoms with Gasteiger partial charge in [-0.1, -0.05) is 15.9 Å². The van der Waals surface area contributed by atoms with Gasteiger partial charge in [-0.15, -0.1) is 0 Å². The maximum Gasteiger partial charge on any atom is 0.253 e. The summed E-state index contributed by atoms with van der Waals surface area (Å²) in [5.74, 6) is 0.455. The van der Waals surface area contributed by atoms with Crippen molar-refractivity contribution < 1.29 is 4.79 Å². The van der Waals surface area contributed by atoms with Crippen LogP contribution in [0.25, 0.3) is 0 Å². The molecule has 1 amide bonds. The van der Waals surface area contributed by atoms with Crippen molar-refractivity contribution in [1.29, 1.82) is 0 Å². The molecule has 0 bridgehead atoms. The number of carbonyl (C=O) groups is 1. The van der Waals surface area contributed by atoms with Gasteiger partial charge < -0.3 is 11.1 Å². The van der Waals surface area contributed by atoms with Gasteiger partial charge in [-0.05, 0) is 31.2 Å². The summed E-state index contributed by atoms with van der Waals surface area (Å²) in [5, 5.41) is 2.78. The lowest BCUT2D eigenvalue weighted by Gasteiger charge is -2.07. The summed E-state index contributed by atoms with van der Waals surface area (Å²) in [7, 11) is 0. The average Bonchev–Trinajstić information content (AvgIpc) is 2.36. The molecule has 2 rings (SSSR count). The van der Waals surface area contributed by atoms with Crippen molar-refractivity contribution in [3.05, 3.63) is 52.0 Å². The van der Waals surface area contributed by atoms with Crippen LogP contribution in [0.1, 0.15) is 21.9 Å². The summed E-state index contributed by atoms with van der Waals surface area (Å²) in [6.45, 7) is 2.15. The lowest BCUT2D eigenvalue weighted by molar-refractivity contribution is 0.0951. The van der Waals surface area contributed by atoms with Gasteiger partial charge in [-0.3, -0.25) is 4.79 Å². The van der Waals surface area contributed by atoms with E-state index >= 15 is 0 Å². The lowest BCUT2D eigenvalue weighted by atomic mass is 10.1. The van der Waals surface area contributed by atoms with E-state index in [2.05, 4.69) is 31.2 Å². The number of hydrogen-bond donors (Lipinski definition) is 2. The number of halogens is 1. The number of benzene rings is 1. The normalized spacial score (nSPS) is 10.2. The third-order valence-electron chi connectivity index (χ3n) is 2.52. The monoisotopic (exact) mass is 320 g/mol. The van der Waals surface area contributed by atoms with E-state index < -0.39 is 0 Å². The van der Waals surface area contributed by atoms with Crippen molar-refractivity contribution in [1.82, 2.24) is 15.3 Å². The van der Waals surface area contributed by atoms with Gasteiger partial charge in [0.2, 0.25) is 0 Å². The molecule has 0 radical (unpaired) electrons. The zero-order valence-corrected chi connectivity index (χ0v) is 11.9. The molecule has 0 aliphatic carbocycles. The number of nitrogens with zero attached hydrogens (tertiary/aromatic N) is 2. The van der Waals surface area contributed by atoms with Crippen LogP contribution >= 0.6 is 15.9 Å². The molecule has 3 N–H and O–H groups in total. The van der Waals surface area contributed by atoms with Crippen LogP contribution in [0.5, 0.6) is 0 Å². The number of nitrogens with one attached hydrogen (secondary N) is 1. The number of hydrogen-bond acceptors (Lipinski definition) is 4. The quantitative estimate of drug-likeness (QED) is 0.848. The maximum atomic E-state index is 12.0. The van der Waals surface area contributed by atoms with Crippen molar-refractivity contribution in [3.8, 4) is 0 Å². The molecule has 2 aromatic rings. The number of carbonyl (C=O) groups excluding carboxylic acids is 1. The van der Waals surface area contributed by atoms with Gasteiger partial charge in [-0.25, -0.2) is 9.97 Å². The number of nitrogens with two attached hydrogens (primary N) is 1. The molecule has 0 saturated heterocycles. The smallest absolute Gasteiger partial charge is 0.253 e. The molecule has 5 nitrogen and oxygen atoms in total. The largest absolute Gasteiger partial charge is 0.398 e. The molecule has 0 atom stereocenters. The van der Waals surface area contributed by atoms with Gasteiger partial charge in [0.15, 0.2) is 0 Å². The van der Waals surface area contributed by atoms with Crippen molar-refractivity contribution in [2.24, 2.45) is 0 Å². The van der Waals surface area contributed by atoms with Crippen LogP contribution in [0.2, 0.25) is 0 Å². The Bertz CT molecular complexity index is 615. The molecule has 0 unspecified atom stereocenters. The minimum Gasteiger partial charge on any atom is -0.398 e. The number of rotatable bonds is 3. The minimum atomic E-state index is -0.221. The Morgan fingerprint density at radius 1 is 1.42 bits per heavy atom. The molecular weight excluding hydrogens is 308 g/mol. The van der Waals surface area contributed by atoms with Gasteiger partial charge >= 0.3 is 0 Å². The Balaban J connectivity index is 2.05. The van der Waals surface area contributed by atoms with E-state index in [9.17, 15) is 4.79 Å². The van der Waals surface area contributed by atoms with E-state index in [1.165, 1.54) is 0 Å². The van der Waals surface area contributed by atoms with Gasteiger partial charge in [0.1, 0.15) is 5.82 Å². The second kappa shape index (κ2) is 5.79. The van der Waals surface area contributed by atoms with E-state index in [4.69, 9.17) is 5.73 Å². The molecule has 1 heterocycles. The van der Waals surface area contributed by atoms with Crippen molar-refractivity contribution in [2.45, 2.75) is 13.5 Å². The first-order valence-electron chi connectivity index (χ1n) is 5.68. The van der Waals surface area contributed by atoms with E-state index in [0.29, 0.717) is 23.6 Å². The SMILES string of the molecule is Cc1nccc(CNC(=O)c2ccc(Br)cc2N)n1. The molecule has 98 valence electrons. The third kappa shape index (κ3) is 3.51. The predicted octanol–water partition coefficient (Wildman–Crippen LogP) is 2.06. The number of aromatic nitrogens is 2. The Kier molecular flexibility index (Phi) is 4.11. The molecule has 19 heavy (non-hydrogen) atoms. The summed E-state index contributed by atoms with van der Waals surface area (Å²) in [5.41, 5.74) is 7.45. The number of nitrogen functional groups attached to an aromatic ring is 1. The zero-order valence-electron chi connectivity index (χ0n) is 10.4. The molecule has 0 spiro atoms. The van der Waals surface area contributed by atoms with Crippen molar-refractivity contribution in [3.63, 3.8) is 0 Å². The van der Waals surface area contributed by atoms with Gasteiger partial charge in [0, 0.05) is 16.4 Å². The van der Waals surface area contributed by atoms with Crippen LogP contribution in [-0.4, -0.2) is 15.9 Å². The minimum absolute atomic E-state index is 0.221. The maximum absolute atomic E-state index is 12.0. The van der Waals surface area contributed by atoms with E-state index in [-0.39, 0.29) is 5.91 Å². The summed E-state index contributed by atoms with van der Waals surface area (Å²) in [4.78, 5) is 20.2. The topological polar surface area (TPSA) is 80.9 Å². The van der Waals surface area contributed by atoms with E-state index in [1.807, 2.05) is 0 Å². The highest BCUT2D eigenvalue weighted by Gasteiger charge is 2.09. The van der Waals surface area contributed by atoms with E-state index in [1.54, 1.807) is 37.4 Å².